The van der Waals surface area contributed by atoms with Gasteiger partial charge in [0.15, 0.2) is 5.52 Å². The number of aromatic nitrogens is 4. The van der Waals surface area contributed by atoms with Crippen LogP contribution >= 0.6 is 0 Å². The van der Waals surface area contributed by atoms with Gasteiger partial charge in [-0.1, -0.05) is 0 Å². The Labute approximate surface area is 138 Å². The summed E-state index contributed by atoms with van der Waals surface area (Å²) in [4.78, 5) is 51.5. The molecule has 0 aliphatic carbocycles. The molecule has 138 valence electrons. The van der Waals surface area contributed by atoms with E-state index in [4.69, 9.17) is 5.11 Å². The van der Waals surface area contributed by atoms with Crippen LogP contribution in [0.25, 0.3) is 11.2 Å². The van der Waals surface area contributed by atoms with E-state index in [1.807, 2.05) is 4.98 Å². The number of fused-ring (bicyclic) bond motifs is 1. The van der Waals surface area contributed by atoms with Gasteiger partial charge in [0.25, 0.3) is 5.56 Å². The summed E-state index contributed by atoms with van der Waals surface area (Å²) < 4.78 is 1.63. The molecular formula is C13H18N4O8. The fourth-order valence-electron chi connectivity index (χ4n) is 2.45. The summed E-state index contributed by atoms with van der Waals surface area (Å²) >= 11 is 0. The molecule has 0 saturated carbocycles. The minimum atomic E-state index is -1.78. The minimum Gasteiger partial charge on any atom is -0.394 e. The van der Waals surface area contributed by atoms with E-state index in [1.54, 1.807) is 0 Å². The van der Waals surface area contributed by atoms with E-state index < -0.39 is 60.7 Å². The number of H-pyrrole nitrogens is 2. The Morgan fingerprint density at radius 2 is 1.72 bits per heavy atom. The van der Waals surface area contributed by atoms with Crippen LogP contribution in [0.5, 0.6) is 0 Å². The Morgan fingerprint density at radius 3 is 2.28 bits per heavy atom. The highest BCUT2D eigenvalue weighted by Gasteiger charge is 2.27. The molecule has 0 radical (unpaired) electrons. The van der Waals surface area contributed by atoms with Crippen molar-refractivity contribution >= 4 is 16.9 Å². The van der Waals surface area contributed by atoms with Gasteiger partial charge >= 0.3 is 11.4 Å². The van der Waals surface area contributed by atoms with Crippen molar-refractivity contribution in [2.24, 2.45) is 0 Å². The molecule has 2 aromatic heterocycles. The summed E-state index contributed by atoms with van der Waals surface area (Å²) in [5.74, 6) is -0.428. The number of Topliss-reactive ketones (excluding diaryl/α,β-unsaturated/α-hetero) is 1. The van der Waals surface area contributed by atoms with Gasteiger partial charge in [0.2, 0.25) is 0 Å². The highest BCUT2D eigenvalue weighted by molar-refractivity contribution is 5.78. The number of aliphatic hydroxyl groups is 4. The fourth-order valence-corrected chi connectivity index (χ4v) is 2.45. The van der Waals surface area contributed by atoms with Crippen LogP contribution in [0.3, 0.4) is 0 Å². The van der Waals surface area contributed by atoms with E-state index >= 15 is 0 Å². The Bertz CT molecular complexity index is 952. The lowest BCUT2D eigenvalue weighted by atomic mass is 10.1. The van der Waals surface area contributed by atoms with E-state index in [1.165, 1.54) is 6.92 Å². The summed E-state index contributed by atoms with van der Waals surface area (Å²) in [5.41, 5.74) is -3.20. The SMILES string of the molecule is CC(=O)Cn1c(=O)n(C[C@H](O)[C@H](O)[C@H](O)CO)c2[nH]c(=O)[nH]c(=O)c21. The second-order valence-electron chi connectivity index (χ2n) is 5.59. The van der Waals surface area contributed by atoms with Gasteiger partial charge in [-0.3, -0.25) is 28.7 Å². The maximum absolute atomic E-state index is 12.5. The molecule has 0 bridgehead atoms. The maximum Gasteiger partial charge on any atom is 0.330 e. The number of ketones is 1. The van der Waals surface area contributed by atoms with Gasteiger partial charge in [0.1, 0.15) is 29.7 Å². The van der Waals surface area contributed by atoms with Crippen LogP contribution in [0.2, 0.25) is 0 Å². The zero-order valence-electron chi connectivity index (χ0n) is 13.2. The first-order chi connectivity index (χ1) is 11.7. The van der Waals surface area contributed by atoms with Crippen LogP contribution in [0.4, 0.5) is 0 Å². The molecule has 0 aromatic carbocycles. The normalized spacial score (nSPS) is 15.2. The summed E-state index contributed by atoms with van der Waals surface area (Å²) in [6.07, 6.45) is -5.13. The first kappa shape index (κ1) is 18.8. The Balaban J connectivity index is 2.62. The van der Waals surface area contributed by atoms with Crippen LogP contribution in [0.15, 0.2) is 14.4 Å². The number of hydrogen-bond donors (Lipinski definition) is 6. The average molecular weight is 358 g/mol. The van der Waals surface area contributed by atoms with E-state index in [0.29, 0.717) is 0 Å². The molecule has 2 rings (SSSR count). The molecule has 0 spiro atoms. The van der Waals surface area contributed by atoms with Gasteiger partial charge in [0.05, 0.1) is 19.7 Å². The zero-order valence-corrected chi connectivity index (χ0v) is 13.2. The third-order valence-corrected chi connectivity index (χ3v) is 3.63. The highest BCUT2D eigenvalue weighted by Crippen LogP contribution is 2.08. The monoisotopic (exact) mass is 358 g/mol. The predicted octanol–water partition coefficient (Wildman–Crippen LogP) is -4.16. The molecule has 2 aromatic rings. The van der Waals surface area contributed by atoms with Gasteiger partial charge < -0.3 is 20.4 Å². The van der Waals surface area contributed by atoms with E-state index in [2.05, 4.69) is 4.98 Å². The summed E-state index contributed by atoms with van der Waals surface area (Å²) in [6, 6.07) is 0. The molecule has 12 heteroatoms. The Morgan fingerprint density at radius 1 is 1.08 bits per heavy atom. The number of imidazole rings is 1. The third-order valence-electron chi connectivity index (χ3n) is 3.63. The van der Waals surface area contributed by atoms with Crippen molar-refractivity contribution in [1.29, 1.82) is 0 Å². The second-order valence-corrected chi connectivity index (χ2v) is 5.59. The molecule has 0 amide bonds. The second kappa shape index (κ2) is 7.14. The molecule has 6 N–H and O–H groups in total. The van der Waals surface area contributed by atoms with E-state index in [9.17, 15) is 34.5 Å². The number of carbonyl (C=O) groups excluding carboxylic acids is 1. The molecule has 0 saturated heterocycles. The lowest BCUT2D eigenvalue weighted by Gasteiger charge is -2.21. The number of aliphatic hydroxyl groups excluding tert-OH is 4. The highest BCUT2D eigenvalue weighted by atomic mass is 16.4. The number of rotatable bonds is 7. The van der Waals surface area contributed by atoms with Gasteiger partial charge in [-0.15, -0.1) is 0 Å². The van der Waals surface area contributed by atoms with Crippen molar-refractivity contribution in [2.75, 3.05) is 6.61 Å². The lowest BCUT2D eigenvalue weighted by molar-refractivity contribution is -0.117. The molecular weight excluding hydrogens is 340 g/mol. The lowest BCUT2D eigenvalue weighted by Crippen LogP contribution is -2.43. The number of nitrogens with one attached hydrogen (secondary N) is 2. The first-order valence-electron chi connectivity index (χ1n) is 7.27. The minimum absolute atomic E-state index is 0.246. The zero-order chi connectivity index (χ0) is 18.9. The predicted molar refractivity (Wildman–Crippen MR) is 83.2 cm³/mol. The molecule has 0 unspecified atom stereocenters. The van der Waals surface area contributed by atoms with Crippen molar-refractivity contribution in [2.45, 2.75) is 38.3 Å². The van der Waals surface area contributed by atoms with Crippen LogP contribution in [0.1, 0.15) is 6.92 Å². The quantitative estimate of drug-likeness (QED) is 0.287. The van der Waals surface area contributed by atoms with Crippen LogP contribution < -0.4 is 16.9 Å². The molecule has 12 nitrogen and oxygen atoms in total. The number of carbonyl (C=O) groups is 1. The van der Waals surface area contributed by atoms with Crippen molar-refractivity contribution in [3.05, 3.63) is 31.3 Å². The van der Waals surface area contributed by atoms with E-state index in [-0.39, 0.29) is 11.2 Å². The molecule has 2 heterocycles. The summed E-state index contributed by atoms with van der Waals surface area (Å²) in [6.45, 7) is -0.658. The number of hydrogen-bond acceptors (Lipinski definition) is 8. The van der Waals surface area contributed by atoms with Crippen LogP contribution in [-0.2, 0) is 17.9 Å². The maximum atomic E-state index is 12.5. The standard InChI is InChI=1S/C13H18N4O8/c1-5(19)2-16-8-10(14-12(24)15-11(8)23)17(13(16)25)3-6(20)9(22)7(21)4-18/h6-7,9,18,20-22H,2-4H2,1H3,(H2,14,15,23,24)/t6-,7+,9-/m0/s1. The van der Waals surface area contributed by atoms with Crippen molar-refractivity contribution in [1.82, 2.24) is 19.1 Å². The molecule has 3 atom stereocenters. The number of nitrogens with zero attached hydrogens (tertiary/aromatic N) is 2. The molecule has 0 aliphatic heterocycles. The number of aromatic amines is 2. The van der Waals surface area contributed by atoms with Gasteiger partial charge in [-0.25, -0.2) is 9.59 Å². The van der Waals surface area contributed by atoms with E-state index in [0.717, 1.165) is 9.13 Å². The van der Waals surface area contributed by atoms with Crippen molar-refractivity contribution < 1.29 is 25.2 Å². The van der Waals surface area contributed by atoms with Crippen molar-refractivity contribution in [3.63, 3.8) is 0 Å². The average Bonchev–Trinajstić information content (AvgIpc) is 2.78. The van der Waals surface area contributed by atoms with Gasteiger partial charge in [-0.2, -0.15) is 0 Å². The fraction of sp³-hybridized carbons (Fsp3) is 0.538. The third kappa shape index (κ3) is 3.61. The summed E-state index contributed by atoms with van der Waals surface area (Å²) in [5, 5.41) is 37.8. The first-order valence-corrected chi connectivity index (χ1v) is 7.27. The van der Waals surface area contributed by atoms with Crippen molar-refractivity contribution in [3.8, 4) is 0 Å². The van der Waals surface area contributed by atoms with Gasteiger partial charge in [-0.05, 0) is 6.92 Å². The topological polar surface area (TPSA) is 191 Å². The largest absolute Gasteiger partial charge is 0.394 e. The van der Waals surface area contributed by atoms with Gasteiger partial charge in [0, 0.05) is 0 Å². The molecule has 25 heavy (non-hydrogen) atoms. The van der Waals surface area contributed by atoms with Crippen LogP contribution in [0, 0.1) is 0 Å². The Kier molecular flexibility index (Phi) is 5.37. The smallest absolute Gasteiger partial charge is 0.330 e. The Hall–Kier alpha value is -2.54. The molecule has 0 fully saturated rings. The van der Waals surface area contributed by atoms with Crippen LogP contribution in [-0.4, -0.2) is 70.2 Å². The summed E-state index contributed by atoms with van der Waals surface area (Å²) in [7, 11) is 0. The molecule has 0 aliphatic rings.